The molecule has 0 fully saturated rings. The highest BCUT2D eigenvalue weighted by molar-refractivity contribution is 5.88. The van der Waals surface area contributed by atoms with Gasteiger partial charge in [0.2, 0.25) is 11.8 Å². The molecule has 2 amide bonds. The van der Waals surface area contributed by atoms with Gasteiger partial charge in [-0.2, -0.15) is 0 Å². The highest BCUT2D eigenvalue weighted by Gasteiger charge is 2.26. The Morgan fingerprint density at radius 3 is 2.48 bits per heavy atom. The van der Waals surface area contributed by atoms with E-state index in [0.29, 0.717) is 23.8 Å². The summed E-state index contributed by atoms with van der Waals surface area (Å²) in [6.07, 6.45) is -0.113. The molecule has 2 aromatic rings. The maximum absolute atomic E-state index is 14.0. The second kappa shape index (κ2) is 10.6. The van der Waals surface area contributed by atoms with Crippen LogP contribution in [-0.4, -0.2) is 36.4 Å². The van der Waals surface area contributed by atoms with E-state index < -0.39 is 11.9 Å². The summed E-state index contributed by atoms with van der Waals surface area (Å²) in [5, 5.41) is 2.87. The summed E-state index contributed by atoms with van der Waals surface area (Å²) in [7, 11) is 1.57. The molecule has 0 aliphatic carbocycles. The molecule has 2 rings (SSSR count). The first-order valence-corrected chi connectivity index (χ1v) is 9.75. The third kappa shape index (κ3) is 6.59. The number of amides is 2. The van der Waals surface area contributed by atoms with Crippen LogP contribution in [0.3, 0.4) is 0 Å². The van der Waals surface area contributed by atoms with E-state index in [1.807, 2.05) is 38.1 Å². The molecule has 0 saturated heterocycles. The molecule has 0 saturated carbocycles. The Bertz CT molecular complexity index is 838. The van der Waals surface area contributed by atoms with E-state index in [-0.39, 0.29) is 24.8 Å². The second-order valence-electron chi connectivity index (χ2n) is 7.46. The van der Waals surface area contributed by atoms with Crippen LogP contribution >= 0.6 is 0 Å². The van der Waals surface area contributed by atoms with Crippen LogP contribution in [0.15, 0.2) is 48.5 Å². The maximum Gasteiger partial charge on any atom is 0.242 e. The van der Waals surface area contributed by atoms with E-state index in [0.717, 1.165) is 5.56 Å². The second-order valence-corrected chi connectivity index (χ2v) is 7.46. The lowest BCUT2D eigenvalue weighted by molar-refractivity contribution is -0.140. The van der Waals surface area contributed by atoms with Gasteiger partial charge in [-0.1, -0.05) is 44.2 Å². The number of hydrogen-bond acceptors (Lipinski definition) is 3. The van der Waals surface area contributed by atoms with Gasteiger partial charge in [-0.05, 0) is 42.2 Å². The SMILES string of the molecule is COc1cccc(CN(C(=O)Cc2ccccc2F)C(C)C(=O)NCC(C)C)c1. The average Bonchev–Trinajstić information content (AvgIpc) is 2.71. The number of nitrogens with zero attached hydrogens (tertiary/aromatic N) is 1. The molecule has 5 nitrogen and oxygen atoms in total. The van der Waals surface area contributed by atoms with Gasteiger partial charge in [-0.25, -0.2) is 4.39 Å². The van der Waals surface area contributed by atoms with Crippen LogP contribution < -0.4 is 10.1 Å². The van der Waals surface area contributed by atoms with Crippen molar-refractivity contribution in [2.45, 2.75) is 39.8 Å². The molecule has 0 heterocycles. The van der Waals surface area contributed by atoms with E-state index in [1.165, 1.54) is 11.0 Å². The monoisotopic (exact) mass is 400 g/mol. The Hall–Kier alpha value is -2.89. The van der Waals surface area contributed by atoms with Crippen LogP contribution in [0, 0.1) is 11.7 Å². The molecular formula is C23H29FN2O3. The fourth-order valence-corrected chi connectivity index (χ4v) is 2.91. The number of rotatable bonds is 9. The standard InChI is InChI=1S/C23H29FN2O3/c1-16(2)14-25-23(28)17(3)26(15-18-8-7-10-20(12-18)29-4)22(27)13-19-9-5-6-11-21(19)24/h5-12,16-17H,13-15H2,1-4H3,(H,25,28). The summed E-state index contributed by atoms with van der Waals surface area (Å²) >= 11 is 0. The predicted octanol–water partition coefficient (Wildman–Crippen LogP) is 3.57. The van der Waals surface area contributed by atoms with Crippen molar-refractivity contribution in [1.82, 2.24) is 10.2 Å². The van der Waals surface area contributed by atoms with Gasteiger partial charge in [-0.15, -0.1) is 0 Å². The van der Waals surface area contributed by atoms with Crippen molar-refractivity contribution >= 4 is 11.8 Å². The lowest BCUT2D eigenvalue weighted by Crippen LogP contribution is -2.48. The first-order chi connectivity index (χ1) is 13.8. The number of methoxy groups -OCH3 is 1. The molecule has 2 aromatic carbocycles. The Kier molecular flexibility index (Phi) is 8.19. The normalized spacial score (nSPS) is 11.8. The minimum absolute atomic E-state index is 0.113. The number of halogens is 1. The van der Waals surface area contributed by atoms with Gasteiger partial charge < -0.3 is 15.0 Å². The van der Waals surface area contributed by atoms with Crippen molar-refractivity contribution in [3.63, 3.8) is 0 Å². The number of hydrogen-bond donors (Lipinski definition) is 1. The molecule has 1 N–H and O–H groups in total. The van der Waals surface area contributed by atoms with E-state index >= 15 is 0 Å². The van der Waals surface area contributed by atoms with Crippen molar-refractivity contribution in [2.75, 3.05) is 13.7 Å². The Balaban J connectivity index is 2.24. The summed E-state index contributed by atoms with van der Waals surface area (Å²) in [6, 6.07) is 12.8. The van der Waals surface area contributed by atoms with Gasteiger partial charge >= 0.3 is 0 Å². The van der Waals surface area contributed by atoms with E-state index in [1.54, 1.807) is 32.2 Å². The average molecular weight is 400 g/mol. The van der Waals surface area contributed by atoms with Crippen LogP contribution in [0.4, 0.5) is 4.39 Å². The highest BCUT2D eigenvalue weighted by Crippen LogP contribution is 2.18. The first kappa shape index (κ1) is 22.4. The van der Waals surface area contributed by atoms with Crippen molar-refractivity contribution in [3.05, 3.63) is 65.5 Å². The zero-order valence-electron chi connectivity index (χ0n) is 17.4. The van der Waals surface area contributed by atoms with Crippen molar-refractivity contribution < 1.29 is 18.7 Å². The molecule has 0 spiro atoms. The largest absolute Gasteiger partial charge is 0.497 e. The molecule has 6 heteroatoms. The van der Waals surface area contributed by atoms with E-state index in [2.05, 4.69) is 5.32 Å². The van der Waals surface area contributed by atoms with Gasteiger partial charge in [0.1, 0.15) is 17.6 Å². The zero-order chi connectivity index (χ0) is 21.4. The molecule has 0 radical (unpaired) electrons. The lowest BCUT2D eigenvalue weighted by Gasteiger charge is -2.29. The topological polar surface area (TPSA) is 58.6 Å². The van der Waals surface area contributed by atoms with Crippen LogP contribution in [0.2, 0.25) is 0 Å². The molecular weight excluding hydrogens is 371 g/mol. The van der Waals surface area contributed by atoms with Crippen LogP contribution in [-0.2, 0) is 22.6 Å². The third-order valence-corrected chi connectivity index (χ3v) is 4.64. The van der Waals surface area contributed by atoms with Crippen molar-refractivity contribution in [1.29, 1.82) is 0 Å². The van der Waals surface area contributed by atoms with Crippen LogP contribution in [0.25, 0.3) is 0 Å². The minimum Gasteiger partial charge on any atom is -0.497 e. The predicted molar refractivity (Wildman–Crippen MR) is 111 cm³/mol. The number of ether oxygens (including phenoxy) is 1. The maximum atomic E-state index is 14.0. The van der Waals surface area contributed by atoms with Gasteiger partial charge in [0.05, 0.1) is 13.5 Å². The molecule has 0 aliphatic rings. The number of carbonyl (C=O) groups excluding carboxylic acids is 2. The minimum atomic E-state index is -0.695. The summed E-state index contributed by atoms with van der Waals surface area (Å²) in [5.74, 6) is -0.0132. The molecule has 1 unspecified atom stereocenters. The Morgan fingerprint density at radius 1 is 1.10 bits per heavy atom. The summed E-state index contributed by atoms with van der Waals surface area (Å²) in [4.78, 5) is 27.2. The molecule has 0 aromatic heterocycles. The lowest BCUT2D eigenvalue weighted by atomic mass is 10.1. The fourth-order valence-electron chi connectivity index (χ4n) is 2.91. The van der Waals surface area contributed by atoms with E-state index in [4.69, 9.17) is 4.74 Å². The van der Waals surface area contributed by atoms with Gasteiger partial charge in [0, 0.05) is 13.1 Å². The van der Waals surface area contributed by atoms with Crippen molar-refractivity contribution in [2.24, 2.45) is 5.92 Å². The van der Waals surface area contributed by atoms with Crippen LogP contribution in [0.5, 0.6) is 5.75 Å². The summed E-state index contributed by atoms with van der Waals surface area (Å²) in [5.41, 5.74) is 1.14. The van der Waals surface area contributed by atoms with Crippen LogP contribution in [0.1, 0.15) is 31.9 Å². The number of nitrogens with one attached hydrogen (secondary N) is 1. The number of carbonyl (C=O) groups is 2. The zero-order valence-corrected chi connectivity index (χ0v) is 17.4. The molecule has 1 atom stereocenters. The summed E-state index contributed by atoms with van der Waals surface area (Å²) < 4.78 is 19.3. The van der Waals surface area contributed by atoms with Gasteiger partial charge in [-0.3, -0.25) is 9.59 Å². The number of benzene rings is 2. The van der Waals surface area contributed by atoms with E-state index in [9.17, 15) is 14.0 Å². The Labute approximate surface area is 171 Å². The third-order valence-electron chi connectivity index (χ3n) is 4.64. The fraction of sp³-hybridized carbons (Fsp3) is 0.391. The molecule has 156 valence electrons. The quantitative estimate of drug-likeness (QED) is 0.700. The molecule has 0 aliphatic heterocycles. The smallest absolute Gasteiger partial charge is 0.242 e. The van der Waals surface area contributed by atoms with Crippen molar-refractivity contribution in [3.8, 4) is 5.75 Å². The summed E-state index contributed by atoms with van der Waals surface area (Å²) in [6.45, 7) is 6.44. The molecule has 0 bridgehead atoms. The molecule has 29 heavy (non-hydrogen) atoms. The van der Waals surface area contributed by atoms with Gasteiger partial charge in [0.25, 0.3) is 0 Å². The Morgan fingerprint density at radius 2 is 1.83 bits per heavy atom. The highest BCUT2D eigenvalue weighted by atomic mass is 19.1. The first-order valence-electron chi connectivity index (χ1n) is 9.75. The van der Waals surface area contributed by atoms with Gasteiger partial charge in [0.15, 0.2) is 0 Å².